The van der Waals surface area contributed by atoms with Crippen molar-refractivity contribution in [2.75, 3.05) is 72.5 Å². The molecule has 188 valence electrons. The van der Waals surface area contributed by atoms with Crippen LogP contribution in [0.1, 0.15) is 15.9 Å². The molecule has 3 N–H and O–H groups in total. The Morgan fingerprint density at radius 3 is 2.63 bits per heavy atom. The molecule has 0 atom stereocenters. The first-order valence-electron chi connectivity index (χ1n) is 11.4. The van der Waals surface area contributed by atoms with Crippen molar-refractivity contribution < 1.29 is 24.1 Å². The number of aromatic nitrogens is 4. The van der Waals surface area contributed by atoms with Gasteiger partial charge in [-0.1, -0.05) is 12.1 Å². The molecule has 0 saturated carbocycles. The highest BCUT2D eigenvalue weighted by atomic mass is 16.5. The van der Waals surface area contributed by atoms with Crippen LogP contribution in [0.4, 0.5) is 5.82 Å². The van der Waals surface area contributed by atoms with Gasteiger partial charge in [0.25, 0.3) is 11.9 Å². The number of morpholine rings is 1. The van der Waals surface area contributed by atoms with Gasteiger partial charge < -0.3 is 30.0 Å². The molecule has 0 radical (unpaired) electrons. The van der Waals surface area contributed by atoms with E-state index in [-0.39, 0.29) is 42.4 Å². The van der Waals surface area contributed by atoms with Crippen LogP contribution in [0.25, 0.3) is 11.2 Å². The minimum Gasteiger partial charge on any atom is -0.480 e. The van der Waals surface area contributed by atoms with Crippen LogP contribution >= 0.6 is 0 Å². The summed E-state index contributed by atoms with van der Waals surface area (Å²) in [6.45, 7) is 5.64. The van der Waals surface area contributed by atoms with Crippen molar-refractivity contribution in [2.45, 2.75) is 6.54 Å². The van der Waals surface area contributed by atoms with Gasteiger partial charge in [-0.25, -0.2) is 0 Å². The van der Waals surface area contributed by atoms with E-state index in [1.165, 1.54) is 4.57 Å². The molecule has 0 bridgehead atoms. The zero-order valence-electron chi connectivity index (χ0n) is 20.0. The van der Waals surface area contributed by atoms with Crippen molar-refractivity contribution >= 4 is 22.9 Å². The van der Waals surface area contributed by atoms with Crippen LogP contribution in [0, 0.1) is 0 Å². The summed E-state index contributed by atoms with van der Waals surface area (Å²) in [6.07, 6.45) is 0. The Kier molecular flexibility index (Phi) is 7.95. The number of hydrogen-bond acceptors (Lipinski definition) is 10. The average molecular weight is 486 g/mol. The van der Waals surface area contributed by atoms with Crippen molar-refractivity contribution in [3.8, 4) is 12.0 Å². The van der Waals surface area contributed by atoms with E-state index in [0.29, 0.717) is 24.4 Å². The molecular formula is C23H31N7O5. The van der Waals surface area contributed by atoms with Crippen molar-refractivity contribution in [3.63, 3.8) is 0 Å². The molecule has 1 saturated heterocycles. The fourth-order valence-electron chi connectivity index (χ4n) is 3.79. The van der Waals surface area contributed by atoms with E-state index in [1.807, 2.05) is 19.2 Å². The predicted octanol–water partition coefficient (Wildman–Crippen LogP) is 0.592. The number of fused-ring (bicyclic) bond motifs is 1. The number of nitrogens with zero attached hydrogens (tertiary/aromatic N) is 6. The summed E-state index contributed by atoms with van der Waals surface area (Å²) in [7, 11) is 3.38. The molecule has 1 aliphatic heterocycles. The van der Waals surface area contributed by atoms with Gasteiger partial charge in [-0.15, -0.1) is 0 Å². The van der Waals surface area contributed by atoms with Gasteiger partial charge in [-0.05, 0) is 17.7 Å². The molecule has 1 amide bonds. The number of anilines is 1. The lowest BCUT2D eigenvalue weighted by Crippen LogP contribution is -2.41. The molecule has 3 aromatic rings. The number of ether oxygens (including phenoxy) is 3. The Morgan fingerprint density at radius 2 is 1.91 bits per heavy atom. The second-order valence-electron chi connectivity index (χ2n) is 8.28. The van der Waals surface area contributed by atoms with Crippen molar-refractivity contribution in [1.29, 1.82) is 0 Å². The lowest BCUT2D eigenvalue weighted by molar-refractivity contribution is 0.0338. The molecule has 12 heteroatoms. The second kappa shape index (κ2) is 11.3. The van der Waals surface area contributed by atoms with E-state index < -0.39 is 0 Å². The van der Waals surface area contributed by atoms with Crippen LogP contribution in [0.15, 0.2) is 24.3 Å². The highest BCUT2D eigenvalue weighted by Gasteiger charge is 2.18. The smallest absolute Gasteiger partial charge is 0.320 e. The maximum atomic E-state index is 12.8. The summed E-state index contributed by atoms with van der Waals surface area (Å²) >= 11 is 0. The minimum atomic E-state index is -0.238. The van der Waals surface area contributed by atoms with Gasteiger partial charge in [-0.2, -0.15) is 15.0 Å². The maximum Gasteiger partial charge on any atom is 0.320 e. The van der Waals surface area contributed by atoms with Gasteiger partial charge in [0.05, 0.1) is 26.4 Å². The predicted molar refractivity (Wildman–Crippen MR) is 129 cm³/mol. The standard InChI is InChI=1S/C23H31N7O5/c1-28(7-8-29-9-11-34-12-10-29)21(31)17-5-3-16(4-6-17)15-30-20-18(25-23(30)32)19(24)26-22(27-20)35-14-13-33-2/h3-6H,7-15H2,1-2H3,(H,25,32)(H2,24,26,27). The SMILES string of the molecule is COCCOc1nc(N)c2nc(O)n(Cc3ccc(C(=O)N(C)CCN4CCOCC4)cc3)c2n1. The summed E-state index contributed by atoms with van der Waals surface area (Å²) in [5.41, 5.74) is 8.08. The van der Waals surface area contributed by atoms with E-state index in [1.54, 1.807) is 24.1 Å². The van der Waals surface area contributed by atoms with Crippen LogP contribution in [0.2, 0.25) is 0 Å². The molecule has 3 heterocycles. The third-order valence-corrected chi connectivity index (χ3v) is 5.84. The number of nitrogens with two attached hydrogens (primary N) is 1. The van der Waals surface area contributed by atoms with Crippen LogP contribution in [-0.4, -0.2) is 107 Å². The molecule has 1 aliphatic rings. The second-order valence-corrected chi connectivity index (χ2v) is 8.28. The lowest BCUT2D eigenvalue weighted by atomic mass is 10.1. The number of carbonyl (C=O) groups excluding carboxylic acids is 1. The van der Waals surface area contributed by atoms with E-state index >= 15 is 0 Å². The molecule has 1 aromatic carbocycles. The molecule has 4 rings (SSSR count). The number of imidazole rings is 1. The summed E-state index contributed by atoms with van der Waals surface area (Å²) in [5.74, 6) is 0.0663. The third kappa shape index (κ3) is 5.96. The normalized spacial score (nSPS) is 14.3. The Morgan fingerprint density at radius 1 is 1.17 bits per heavy atom. The monoisotopic (exact) mass is 485 g/mol. The Hall–Kier alpha value is -3.48. The van der Waals surface area contributed by atoms with Crippen molar-refractivity contribution in [3.05, 3.63) is 35.4 Å². The third-order valence-electron chi connectivity index (χ3n) is 5.84. The quantitative estimate of drug-likeness (QED) is 0.392. The molecule has 1 fully saturated rings. The number of hydrogen-bond donors (Lipinski definition) is 2. The summed E-state index contributed by atoms with van der Waals surface area (Å²) < 4.78 is 17.3. The first-order valence-corrected chi connectivity index (χ1v) is 11.4. The topological polar surface area (TPSA) is 141 Å². The average Bonchev–Trinajstić information content (AvgIpc) is 3.19. The number of aromatic hydroxyl groups is 1. The lowest BCUT2D eigenvalue weighted by Gasteiger charge is -2.28. The first-order chi connectivity index (χ1) is 17.0. The first kappa shape index (κ1) is 24.6. The maximum absolute atomic E-state index is 12.8. The molecule has 12 nitrogen and oxygen atoms in total. The van der Waals surface area contributed by atoms with Crippen molar-refractivity contribution in [2.24, 2.45) is 0 Å². The zero-order valence-corrected chi connectivity index (χ0v) is 20.0. The number of amides is 1. The molecule has 0 aliphatic carbocycles. The van der Waals surface area contributed by atoms with Crippen LogP contribution in [0.3, 0.4) is 0 Å². The number of carbonyl (C=O) groups is 1. The minimum absolute atomic E-state index is 0.0425. The Labute approximate surface area is 203 Å². The highest BCUT2D eigenvalue weighted by Crippen LogP contribution is 2.25. The number of likely N-dealkylation sites (N-methyl/N-ethyl adjacent to an activating group) is 1. The van der Waals surface area contributed by atoms with Crippen LogP contribution in [0.5, 0.6) is 12.0 Å². The Balaban J connectivity index is 1.43. The molecule has 0 unspecified atom stereocenters. The van der Waals surface area contributed by atoms with Gasteiger partial charge in [0.15, 0.2) is 17.0 Å². The van der Waals surface area contributed by atoms with E-state index in [9.17, 15) is 9.90 Å². The van der Waals surface area contributed by atoms with E-state index in [4.69, 9.17) is 19.9 Å². The van der Waals surface area contributed by atoms with E-state index in [0.717, 1.165) is 38.4 Å². The van der Waals surface area contributed by atoms with Gasteiger partial charge >= 0.3 is 6.01 Å². The largest absolute Gasteiger partial charge is 0.480 e. The zero-order chi connectivity index (χ0) is 24.8. The molecule has 35 heavy (non-hydrogen) atoms. The fraction of sp³-hybridized carbons (Fsp3) is 0.478. The molecule has 2 aromatic heterocycles. The summed E-state index contributed by atoms with van der Waals surface area (Å²) in [5, 5.41) is 10.4. The van der Waals surface area contributed by atoms with Crippen LogP contribution < -0.4 is 10.5 Å². The number of nitrogen functional groups attached to an aromatic ring is 1. The molecular weight excluding hydrogens is 454 g/mol. The van der Waals surface area contributed by atoms with E-state index in [2.05, 4.69) is 19.9 Å². The fourth-order valence-corrected chi connectivity index (χ4v) is 3.79. The molecule has 0 spiro atoms. The van der Waals surface area contributed by atoms with Crippen LogP contribution in [-0.2, 0) is 16.0 Å². The Bertz CT molecular complexity index is 1150. The van der Waals surface area contributed by atoms with Gasteiger partial charge in [0.1, 0.15) is 6.61 Å². The van der Waals surface area contributed by atoms with Gasteiger partial charge in [0, 0.05) is 45.9 Å². The number of rotatable bonds is 10. The highest BCUT2D eigenvalue weighted by molar-refractivity contribution is 5.94. The number of methoxy groups -OCH3 is 1. The summed E-state index contributed by atoms with van der Waals surface area (Å²) in [4.78, 5) is 29.4. The van der Waals surface area contributed by atoms with Crippen molar-refractivity contribution in [1.82, 2.24) is 29.3 Å². The van der Waals surface area contributed by atoms with Gasteiger partial charge in [0.2, 0.25) is 0 Å². The number of benzene rings is 1. The summed E-state index contributed by atoms with van der Waals surface area (Å²) in [6, 6.07) is 7.08. The van der Waals surface area contributed by atoms with Gasteiger partial charge in [-0.3, -0.25) is 14.3 Å².